The molecule has 50 valence electrons. The first kappa shape index (κ1) is 5.48. The summed E-state index contributed by atoms with van der Waals surface area (Å²) >= 11 is 0. The van der Waals surface area contributed by atoms with Crippen molar-refractivity contribution in [1.82, 2.24) is 0 Å². The highest BCUT2D eigenvalue weighted by Crippen LogP contribution is 2.46. The van der Waals surface area contributed by atoms with Crippen molar-refractivity contribution in [2.75, 3.05) is 0 Å². The van der Waals surface area contributed by atoms with E-state index in [1.165, 1.54) is 12.8 Å². The summed E-state index contributed by atoms with van der Waals surface area (Å²) in [6, 6.07) is 0. The Labute approximate surface area is 55.4 Å². The number of fused-ring (bicyclic) bond motifs is 1. The van der Waals surface area contributed by atoms with Crippen LogP contribution in [0.15, 0.2) is 12.2 Å². The molecule has 0 aliphatic heterocycles. The second-order valence-corrected chi connectivity index (χ2v) is 3.22. The molecule has 0 aromatic carbocycles. The molecule has 2 aliphatic carbocycles. The van der Waals surface area contributed by atoms with Gasteiger partial charge in [0, 0.05) is 0 Å². The quantitative estimate of drug-likeness (QED) is 0.483. The third-order valence-corrected chi connectivity index (χ3v) is 2.41. The van der Waals surface area contributed by atoms with Crippen molar-refractivity contribution < 1.29 is 5.11 Å². The molecule has 0 aromatic rings. The molecule has 0 amide bonds. The van der Waals surface area contributed by atoms with E-state index in [1.54, 1.807) is 0 Å². The van der Waals surface area contributed by atoms with Crippen molar-refractivity contribution in [2.24, 2.45) is 11.8 Å². The molecule has 2 rings (SSSR count). The van der Waals surface area contributed by atoms with Gasteiger partial charge in [0.25, 0.3) is 0 Å². The van der Waals surface area contributed by atoms with Crippen LogP contribution in [-0.2, 0) is 0 Å². The van der Waals surface area contributed by atoms with Crippen molar-refractivity contribution in [1.29, 1.82) is 0 Å². The largest absolute Gasteiger partial charge is 0.389 e. The van der Waals surface area contributed by atoms with E-state index in [1.807, 2.05) is 6.08 Å². The molecule has 0 aromatic heterocycles. The normalized spacial score (nSPS) is 47.9. The minimum Gasteiger partial charge on any atom is -0.389 e. The Morgan fingerprint density at radius 2 is 2.11 bits per heavy atom. The number of rotatable bonds is 0. The van der Waals surface area contributed by atoms with Gasteiger partial charge in [-0.25, -0.2) is 0 Å². The number of allylic oxidation sites excluding steroid dienone is 1. The van der Waals surface area contributed by atoms with Gasteiger partial charge in [-0.15, -0.1) is 0 Å². The molecule has 0 unspecified atom stereocenters. The van der Waals surface area contributed by atoms with E-state index in [-0.39, 0.29) is 6.10 Å². The summed E-state index contributed by atoms with van der Waals surface area (Å²) in [5.74, 6) is 1.79. The van der Waals surface area contributed by atoms with Crippen LogP contribution in [0.1, 0.15) is 19.3 Å². The fourth-order valence-electron chi connectivity index (χ4n) is 1.69. The molecule has 9 heavy (non-hydrogen) atoms. The molecular formula is C8H12O. The molecule has 0 radical (unpaired) electrons. The molecule has 0 bridgehead atoms. The molecule has 3 atom stereocenters. The smallest absolute Gasteiger partial charge is 0.0723 e. The van der Waals surface area contributed by atoms with Gasteiger partial charge in [0.05, 0.1) is 6.10 Å². The number of aliphatic hydroxyl groups is 1. The van der Waals surface area contributed by atoms with Gasteiger partial charge >= 0.3 is 0 Å². The third-order valence-electron chi connectivity index (χ3n) is 2.41. The highest BCUT2D eigenvalue weighted by atomic mass is 16.3. The number of hydrogen-bond acceptors (Lipinski definition) is 1. The molecular weight excluding hydrogens is 112 g/mol. The molecule has 0 heterocycles. The molecule has 1 heteroatoms. The van der Waals surface area contributed by atoms with E-state index in [0.717, 1.165) is 18.3 Å². The first-order valence-corrected chi connectivity index (χ1v) is 3.71. The predicted molar refractivity (Wildman–Crippen MR) is 36.0 cm³/mol. The van der Waals surface area contributed by atoms with Crippen molar-refractivity contribution in [3.8, 4) is 0 Å². The Kier molecular flexibility index (Phi) is 1.12. The van der Waals surface area contributed by atoms with Crippen molar-refractivity contribution in [2.45, 2.75) is 25.4 Å². The molecule has 2 aliphatic rings. The Bertz CT molecular complexity index is 140. The monoisotopic (exact) mass is 124 g/mol. The fourth-order valence-corrected chi connectivity index (χ4v) is 1.69. The Morgan fingerprint density at radius 1 is 1.22 bits per heavy atom. The van der Waals surface area contributed by atoms with Crippen LogP contribution in [0.3, 0.4) is 0 Å². The van der Waals surface area contributed by atoms with Crippen LogP contribution in [0.4, 0.5) is 0 Å². The van der Waals surface area contributed by atoms with Gasteiger partial charge in [0.15, 0.2) is 0 Å². The standard InChI is InChI=1S/C8H12O/c9-8-3-1-2-6-4-7(6)5-8/h1,3,6-9H,2,4-5H2/t6-,7-,8+/m0/s1. The van der Waals surface area contributed by atoms with Crippen molar-refractivity contribution >= 4 is 0 Å². The van der Waals surface area contributed by atoms with Gasteiger partial charge in [-0.3, -0.25) is 0 Å². The second kappa shape index (κ2) is 1.84. The fraction of sp³-hybridized carbons (Fsp3) is 0.750. The zero-order valence-corrected chi connectivity index (χ0v) is 5.46. The van der Waals surface area contributed by atoms with Gasteiger partial charge in [0.1, 0.15) is 0 Å². The highest BCUT2D eigenvalue weighted by Gasteiger charge is 2.37. The van der Waals surface area contributed by atoms with E-state index in [2.05, 4.69) is 6.08 Å². The summed E-state index contributed by atoms with van der Waals surface area (Å²) in [6.07, 6.45) is 7.51. The highest BCUT2D eigenvalue weighted by molar-refractivity contribution is 5.02. The van der Waals surface area contributed by atoms with Crippen LogP contribution in [0, 0.1) is 11.8 Å². The van der Waals surface area contributed by atoms with Crippen LogP contribution in [0.5, 0.6) is 0 Å². The molecule has 0 spiro atoms. The van der Waals surface area contributed by atoms with Gasteiger partial charge in [-0.05, 0) is 31.1 Å². The first-order valence-electron chi connectivity index (χ1n) is 3.71. The Hall–Kier alpha value is -0.300. The molecule has 1 N–H and O–H groups in total. The summed E-state index contributed by atoms with van der Waals surface area (Å²) in [4.78, 5) is 0. The minimum absolute atomic E-state index is 0.137. The van der Waals surface area contributed by atoms with Gasteiger partial charge in [0.2, 0.25) is 0 Å². The minimum atomic E-state index is -0.137. The summed E-state index contributed by atoms with van der Waals surface area (Å²) in [6.45, 7) is 0. The van der Waals surface area contributed by atoms with Crippen LogP contribution in [0.25, 0.3) is 0 Å². The van der Waals surface area contributed by atoms with Crippen LogP contribution in [0.2, 0.25) is 0 Å². The van der Waals surface area contributed by atoms with Crippen LogP contribution < -0.4 is 0 Å². The average Bonchev–Trinajstić information content (AvgIpc) is 2.43. The van der Waals surface area contributed by atoms with Gasteiger partial charge < -0.3 is 5.11 Å². The van der Waals surface area contributed by atoms with E-state index >= 15 is 0 Å². The lowest BCUT2D eigenvalue weighted by Crippen LogP contribution is -2.01. The summed E-state index contributed by atoms with van der Waals surface area (Å²) in [5, 5.41) is 9.20. The molecule has 0 saturated heterocycles. The lowest BCUT2D eigenvalue weighted by molar-refractivity contribution is 0.205. The van der Waals surface area contributed by atoms with E-state index in [0.29, 0.717) is 0 Å². The van der Waals surface area contributed by atoms with Crippen LogP contribution >= 0.6 is 0 Å². The van der Waals surface area contributed by atoms with Gasteiger partial charge in [-0.1, -0.05) is 12.2 Å². The maximum atomic E-state index is 9.20. The molecule has 1 saturated carbocycles. The maximum Gasteiger partial charge on any atom is 0.0723 e. The van der Waals surface area contributed by atoms with Gasteiger partial charge in [-0.2, -0.15) is 0 Å². The number of aliphatic hydroxyl groups excluding tert-OH is 1. The zero-order valence-electron chi connectivity index (χ0n) is 5.46. The van der Waals surface area contributed by atoms with Crippen molar-refractivity contribution in [3.05, 3.63) is 12.2 Å². The van der Waals surface area contributed by atoms with E-state index in [9.17, 15) is 5.11 Å². The summed E-state index contributed by atoms with van der Waals surface area (Å²) in [5.41, 5.74) is 0. The lowest BCUT2D eigenvalue weighted by atomic mass is 10.2. The summed E-state index contributed by atoms with van der Waals surface area (Å²) in [7, 11) is 0. The number of hydrogen-bond donors (Lipinski definition) is 1. The summed E-state index contributed by atoms with van der Waals surface area (Å²) < 4.78 is 0. The second-order valence-electron chi connectivity index (χ2n) is 3.22. The molecule has 1 nitrogen and oxygen atoms in total. The maximum absolute atomic E-state index is 9.20. The topological polar surface area (TPSA) is 20.2 Å². The van der Waals surface area contributed by atoms with Crippen LogP contribution in [-0.4, -0.2) is 11.2 Å². The third kappa shape index (κ3) is 1.01. The molecule has 1 fully saturated rings. The Balaban J connectivity index is 2.02. The predicted octanol–water partition coefficient (Wildman–Crippen LogP) is 1.33. The SMILES string of the molecule is O[C@@H]1C=CC[C@H]2C[C@H]2C1. The Morgan fingerprint density at radius 3 is 3.00 bits per heavy atom. The van der Waals surface area contributed by atoms with E-state index in [4.69, 9.17) is 0 Å². The lowest BCUT2D eigenvalue weighted by Gasteiger charge is -1.99. The zero-order chi connectivity index (χ0) is 6.27. The first-order chi connectivity index (χ1) is 4.36. The van der Waals surface area contributed by atoms with Crippen molar-refractivity contribution in [3.63, 3.8) is 0 Å². The average molecular weight is 124 g/mol. The van der Waals surface area contributed by atoms with E-state index < -0.39 is 0 Å².